The molecule has 1 amide bonds. The van der Waals surface area contributed by atoms with Crippen molar-refractivity contribution < 1.29 is 4.79 Å². The Balaban J connectivity index is 2.31. The van der Waals surface area contributed by atoms with Crippen molar-refractivity contribution in [3.8, 4) is 0 Å². The summed E-state index contributed by atoms with van der Waals surface area (Å²) >= 11 is 0. The van der Waals surface area contributed by atoms with Gasteiger partial charge in [-0.05, 0) is 58.8 Å². The number of likely N-dealkylation sites (tertiary alicyclic amines) is 1. The van der Waals surface area contributed by atoms with Crippen LogP contribution in [0.25, 0.3) is 0 Å². The fraction of sp³-hybridized carbons (Fsp3) is 0.933. The Hall–Kier alpha value is -0.610. The van der Waals surface area contributed by atoms with Crippen LogP contribution in [0.3, 0.4) is 0 Å². The molecule has 1 aliphatic rings. The summed E-state index contributed by atoms with van der Waals surface area (Å²) in [6, 6.07) is -0.0559. The fourth-order valence-electron chi connectivity index (χ4n) is 2.92. The molecule has 1 N–H and O–H groups in total. The summed E-state index contributed by atoms with van der Waals surface area (Å²) in [7, 11) is 4.15. The molecule has 1 aliphatic heterocycles. The van der Waals surface area contributed by atoms with E-state index in [9.17, 15) is 4.79 Å². The van der Waals surface area contributed by atoms with Gasteiger partial charge in [0.25, 0.3) is 0 Å². The van der Waals surface area contributed by atoms with Gasteiger partial charge in [-0.3, -0.25) is 4.79 Å². The molecular weight excluding hydrogens is 238 g/mol. The normalized spacial score (nSPS) is 25.7. The Morgan fingerprint density at radius 2 is 1.89 bits per heavy atom. The van der Waals surface area contributed by atoms with Crippen LogP contribution in [-0.4, -0.2) is 62.0 Å². The van der Waals surface area contributed by atoms with E-state index >= 15 is 0 Å². The van der Waals surface area contributed by atoms with Gasteiger partial charge >= 0.3 is 0 Å². The lowest BCUT2D eigenvalue weighted by atomic mass is 9.91. The molecule has 1 fully saturated rings. The number of carbonyl (C=O) groups is 1. The van der Waals surface area contributed by atoms with E-state index in [2.05, 4.69) is 38.2 Å². The van der Waals surface area contributed by atoms with Crippen LogP contribution in [-0.2, 0) is 4.79 Å². The van der Waals surface area contributed by atoms with Crippen molar-refractivity contribution in [2.75, 3.05) is 40.3 Å². The second-order valence-electron chi connectivity index (χ2n) is 6.52. The first-order valence-electron chi connectivity index (χ1n) is 7.57. The van der Waals surface area contributed by atoms with Gasteiger partial charge in [-0.1, -0.05) is 13.8 Å². The standard InChI is InChI=1S/C15H31N3O/c1-12-9-13(2)11-18(10-12)15(19)14(3)16-7-6-8-17(4)5/h12-14,16H,6-11H2,1-5H3/t12-,13-,14+/m1/s1. The molecule has 0 unspecified atom stereocenters. The second kappa shape index (κ2) is 7.85. The number of hydrogen-bond donors (Lipinski definition) is 1. The minimum atomic E-state index is -0.0559. The Morgan fingerprint density at radius 1 is 1.32 bits per heavy atom. The molecular formula is C15H31N3O. The zero-order valence-electron chi connectivity index (χ0n) is 13.3. The maximum atomic E-state index is 12.4. The third-order valence-electron chi connectivity index (χ3n) is 3.78. The van der Waals surface area contributed by atoms with Gasteiger partial charge in [0.1, 0.15) is 0 Å². The molecule has 4 nitrogen and oxygen atoms in total. The van der Waals surface area contributed by atoms with Gasteiger partial charge in [-0.15, -0.1) is 0 Å². The molecule has 1 rings (SSSR count). The number of nitrogens with zero attached hydrogens (tertiary/aromatic N) is 2. The van der Waals surface area contributed by atoms with Crippen molar-refractivity contribution in [2.24, 2.45) is 11.8 Å². The van der Waals surface area contributed by atoms with Crippen LogP contribution >= 0.6 is 0 Å². The van der Waals surface area contributed by atoms with Crippen LogP contribution in [0.2, 0.25) is 0 Å². The molecule has 4 heteroatoms. The Morgan fingerprint density at radius 3 is 2.42 bits per heavy atom. The average Bonchev–Trinajstić information content (AvgIpc) is 2.32. The largest absolute Gasteiger partial charge is 0.341 e. The summed E-state index contributed by atoms with van der Waals surface area (Å²) in [6.07, 6.45) is 2.33. The lowest BCUT2D eigenvalue weighted by Gasteiger charge is -2.36. The summed E-state index contributed by atoms with van der Waals surface area (Å²) in [6.45, 7) is 10.3. The first-order valence-corrected chi connectivity index (χ1v) is 7.57. The van der Waals surface area contributed by atoms with E-state index < -0.39 is 0 Å². The van der Waals surface area contributed by atoms with Crippen molar-refractivity contribution in [1.29, 1.82) is 0 Å². The molecule has 1 heterocycles. The number of hydrogen-bond acceptors (Lipinski definition) is 3. The highest BCUT2D eigenvalue weighted by Gasteiger charge is 2.27. The quantitative estimate of drug-likeness (QED) is 0.741. The minimum absolute atomic E-state index is 0.0559. The number of carbonyl (C=O) groups excluding carboxylic acids is 1. The highest BCUT2D eigenvalue weighted by atomic mass is 16.2. The molecule has 0 spiro atoms. The Bertz CT molecular complexity index is 271. The van der Waals surface area contributed by atoms with E-state index in [0.29, 0.717) is 11.8 Å². The molecule has 0 aromatic carbocycles. The number of nitrogens with one attached hydrogen (secondary N) is 1. The van der Waals surface area contributed by atoms with Crippen molar-refractivity contribution >= 4 is 5.91 Å². The van der Waals surface area contributed by atoms with Gasteiger partial charge in [-0.25, -0.2) is 0 Å². The number of piperidine rings is 1. The van der Waals surface area contributed by atoms with Crippen molar-refractivity contribution in [3.05, 3.63) is 0 Å². The maximum Gasteiger partial charge on any atom is 0.239 e. The molecule has 3 atom stereocenters. The zero-order chi connectivity index (χ0) is 14.4. The molecule has 0 radical (unpaired) electrons. The van der Waals surface area contributed by atoms with Gasteiger partial charge in [-0.2, -0.15) is 0 Å². The van der Waals surface area contributed by atoms with Crippen LogP contribution < -0.4 is 5.32 Å². The zero-order valence-corrected chi connectivity index (χ0v) is 13.3. The lowest BCUT2D eigenvalue weighted by Crippen LogP contribution is -2.50. The molecule has 0 aromatic heterocycles. The molecule has 19 heavy (non-hydrogen) atoms. The molecule has 0 saturated carbocycles. The summed E-state index contributed by atoms with van der Waals surface area (Å²) in [4.78, 5) is 16.6. The maximum absolute atomic E-state index is 12.4. The van der Waals surface area contributed by atoms with Crippen molar-refractivity contribution in [1.82, 2.24) is 15.1 Å². The van der Waals surface area contributed by atoms with Gasteiger partial charge in [0.15, 0.2) is 0 Å². The summed E-state index contributed by atoms with van der Waals surface area (Å²) in [5.74, 6) is 1.53. The van der Waals surface area contributed by atoms with E-state index in [-0.39, 0.29) is 11.9 Å². The predicted molar refractivity (Wildman–Crippen MR) is 80.2 cm³/mol. The monoisotopic (exact) mass is 269 g/mol. The third kappa shape index (κ3) is 5.91. The van der Waals surface area contributed by atoms with Crippen LogP contribution in [0.1, 0.15) is 33.6 Å². The second-order valence-corrected chi connectivity index (χ2v) is 6.52. The minimum Gasteiger partial charge on any atom is -0.341 e. The third-order valence-corrected chi connectivity index (χ3v) is 3.78. The van der Waals surface area contributed by atoms with E-state index in [1.165, 1.54) is 6.42 Å². The molecule has 0 aromatic rings. The van der Waals surface area contributed by atoms with E-state index in [4.69, 9.17) is 0 Å². The summed E-state index contributed by atoms with van der Waals surface area (Å²) in [5, 5.41) is 3.35. The van der Waals surface area contributed by atoms with E-state index in [1.54, 1.807) is 0 Å². The fourth-order valence-corrected chi connectivity index (χ4v) is 2.92. The lowest BCUT2D eigenvalue weighted by molar-refractivity contribution is -0.135. The van der Waals surface area contributed by atoms with Crippen LogP contribution in [0.4, 0.5) is 0 Å². The van der Waals surface area contributed by atoms with Gasteiger partial charge in [0, 0.05) is 13.1 Å². The number of amides is 1. The first kappa shape index (κ1) is 16.4. The number of rotatable bonds is 6. The van der Waals surface area contributed by atoms with Crippen LogP contribution in [0.15, 0.2) is 0 Å². The van der Waals surface area contributed by atoms with E-state index in [0.717, 1.165) is 32.6 Å². The first-order chi connectivity index (χ1) is 8.90. The average molecular weight is 269 g/mol. The summed E-state index contributed by atoms with van der Waals surface area (Å²) in [5.41, 5.74) is 0. The Kier molecular flexibility index (Phi) is 6.80. The van der Waals surface area contributed by atoms with Crippen LogP contribution in [0.5, 0.6) is 0 Å². The van der Waals surface area contributed by atoms with Gasteiger partial charge in [0.2, 0.25) is 5.91 Å². The smallest absolute Gasteiger partial charge is 0.239 e. The predicted octanol–water partition coefficient (Wildman–Crippen LogP) is 1.42. The molecule has 1 saturated heterocycles. The molecule has 0 aliphatic carbocycles. The Labute approximate surface area is 118 Å². The molecule has 112 valence electrons. The van der Waals surface area contributed by atoms with E-state index in [1.807, 2.05) is 11.8 Å². The van der Waals surface area contributed by atoms with Crippen LogP contribution in [0, 0.1) is 11.8 Å². The topological polar surface area (TPSA) is 35.6 Å². The van der Waals surface area contributed by atoms with Gasteiger partial charge in [0.05, 0.1) is 6.04 Å². The SMILES string of the molecule is C[C@@H]1C[C@@H](C)CN(C(=O)[C@H](C)NCCCN(C)C)C1. The van der Waals surface area contributed by atoms with Crippen molar-refractivity contribution in [2.45, 2.75) is 39.7 Å². The van der Waals surface area contributed by atoms with Gasteiger partial charge < -0.3 is 15.1 Å². The highest BCUT2D eigenvalue weighted by molar-refractivity contribution is 5.81. The summed E-state index contributed by atoms with van der Waals surface area (Å²) < 4.78 is 0. The molecule has 0 bridgehead atoms. The highest BCUT2D eigenvalue weighted by Crippen LogP contribution is 2.21. The van der Waals surface area contributed by atoms with Crippen molar-refractivity contribution in [3.63, 3.8) is 0 Å².